The fraction of sp³-hybridized carbons (Fsp3) is 0.106. The van der Waals surface area contributed by atoms with Crippen LogP contribution in [0.25, 0.3) is 33.9 Å². The molecule has 2 aromatic heterocycles. The number of alkyl halides is 5. The van der Waals surface area contributed by atoms with Gasteiger partial charge in [0, 0.05) is 36.2 Å². The van der Waals surface area contributed by atoms with Gasteiger partial charge in [0.25, 0.3) is 5.92 Å². The van der Waals surface area contributed by atoms with E-state index in [1.165, 1.54) is 54.2 Å². The summed E-state index contributed by atoms with van der Waals surface area (Å²) in [5, 5.41) is 0.698. The van der Waals surface area contributed by atoms with Crippen LogP contribution in [0, 0.1) is 16.4 Å². The fourth-order valence-electron chi connectivity index (χ4n) is 6.34. The summed E-state index contributed by atoms with van der Waals surface area (Å²) >= 11 is 7.09. The summed E-state index contributed by atoms with van der Waals surface area (Å²) < 4.78 is 99.2. The Labute approximate surface area is 356 Å². The van der Waals surface area contributed by atoms with Gasteiger partial charge in [0.05, 0.1) is 34.9 Å². The number of benzene rings is 6. The average Bonchev–Trinajstić information content (AvgIpc) is 3.82. The second kappa shape index (κ2) is 19.0. The van der Waals surface area contributed by atoms with E-state index < -0.39 is 23.5 Å². The minimum atomic E-state index is -4.39. The molecule has 0 N–H and O–H groups in total. The molecule has 14 heteroatoms. The molecule has 0 unspecified atom stereocenters. The highest BCUT2D eigenvalue weighted by atomic mass is 32.2. The van der Waals surface area contributed by atoms with Gasteiger partial charge in [0.2, 0.25) is 0 Å². The molecule has 0 radical (unpaired) electrons. The zero-order valence-corrected chi connectivity index (χ0v) is 33.9. The van der Waals surface area contributed by atoms with E-state index in [0.717, 1.165) is 47.1 Å². The molecule has 2 heterocycles. The monoisotopic (exact) mass is 872 g/mol. The second-order valence-electron chi connectivity index (χ2n) is 13.8. The van der Waals surface area contributed by atoms with Crippen molar-refractivity contribution in [3.05, 3.63) is 209 Å². The minimum Gasteiger partial charge on any atom is -0.312 e. The van der Waals surface area contributed by atoms with Crippen LogP contribution in [0.15, 0.2) is 175 Å². The van der Waals surface area contributed by atoms with E-state index in [9.17, 15) is 30.7 Å². The van der Waals surface area contributed by atoms with Crippen LogP contribution in [0.4, 0.5) is 35.4 Å². The van der Waals surface area contributed by atoms with Crippen LogP contribution in [-0.4, -0.2) is 18.7 Å². The number of thioether (sulfide) groups is 1. The topological polar surface area (TPSA) is 27.7 Å². The van der Waals surface area contributed by atoms with Crippen molar-refractivity contribution in [1.82, 2.24) is 18.7 Å². The summed E-state index contributed by atoms with van der Waals surface area (Å²) in [5.74, 6) is -3.05. The van der Waals surface area contributed by atoms with Crippen LogP contribution in [0.1, 0.15) is 29.2 Å². The van der Waals surface area contributed by atoms with Gasteiger partial charge in [-0.1, -0.05) is 127 Å². The lowest BCUT2D eigenvalue weighted by molar-refractivity contribution is -0.137. The Morgan fingerprint density at radius 3 is 1.82 bits per heavy atom. The molecule has 0 aliphatic heterocycles. The largest absolute Gasteiger partial charge is 0.416 e. The van der Waals surface area contributed by atoms with Crippen molar-refractivity contribution in [3.63, 3.8) is 0 Å². The minimum absolute atomic E-state index is 0. The maximum atomic E-state index is 14.4. The fourth-order valence-corrected chi connectivity index (χ4v) is 7.60. The lowest BCUT2D eigenvalue weighted by atomic mass is 10.1. The Balaban J connectivity index is 0.000000201. The first kappa shape index (κ1) is 44.3. The molecule has 0 spiro atoms. The lowest BCUT2D eigenvalue weighted by Gasteiger charge is -2.11. The van der Waals surface area contributed by atoms with Gasteiger partial charge in [0.15, 0.2) is 9.93 Å². The van der Waals surface area contributed by atoms with E-state index in [-0.39, 0.29) is 22.6 Å². The van der Waals surface area contributed by atoms with Gasteiger partial charge in [-0.05, 0) is 71.4 Å². The Bertz CT molecular complexity index is 2740. The van der Waals surface area contributed by atoms with E-state index in [4.69, 9.17) is 17.2 Å². The van der Waals surface area contributed by atoms with Gasteiger partial charge in [-0.25, -0.2) is 22.5 Å². The van der Waals surface area contributed by atoms with E-state index in [1.807, 2.05) is 77.5 Å². The van der Waals surface area contributed by atoms with Crippen molar-refractivity contribution in [3.8, 4) is 33.9 Å². The molecule has 0 saturated carbocycles. The summed E-state index contributed by atoms with van der Waals surface area (Å²) in [6, 6.07) is 43.1. The molecule has 0 atom stereocenters. The van der Waals surface area contributed by atoms with Crippen molar-refractivity contribution < 1.29 is 35.4 Å². The van der Waals surface area contributed by atoms with Gasteiger partial charge in [-0.3, -0.25) is 13.8 Å². The van der Waals surface area contributed by atoms with Gasteiger partial charge in [-0.2, -0.15) is 13.2 Å². The van der Waals surface area contributed by atoms with E-state index in [0.29, 0.717) is 32.6 Å². The molecule has 0 saturated heterocycles. The SMILES string of the molecule is CC(F)(F)c1ccc(CSc2nc(-c3ccccc3)cn2-c2cccc(F)c2)cc1.F.Fc1ccccc1-n1cc(-c2ccccc2)n(Cc2ccc(C(F)(F)F)cc2)c1=S. The molecular weight excluding hydrogens is 837 g/mol. The number of para-hydroxylation sites is 1. The summed E-state index contributed by atoms with van der Waals surface area (Å²) in [7, 11) is 0. The first-order chi connectivity index (χ1) is 28.7. The zero-order valence-electron chi connectivity index (χ0n) is 32.2. The number of halogens is 8. The predicted molar refractivity (Wildman–Crippen MR) is 228 cm³/mol. The van der Waals surface area contributed by atoms with Gasteiger partial charge in [-0.15, -0.1) is 0 Å². The molecular formula is C47H36F8N4S2. The third kappa shape index (κ3) is 10.7. The Morgan fingerprint density at radius 2 is 1.21 bits per heavy atom. The van der Waals surface area contributed by atoms with Gasteiger partial charge in [0.1, 0.15) is 11.6 Å². The van der Waals surface area contributed by atoms with Crippen molar-refractivity contribution in [2.45, 2.75) is 36.5 Å². The summed E-state index contributed by atoms with van der Waals surface area (Å²) in [4.78, 5) is 4.74. The van der Waals surface area contributed by atoms with E-state index >= 15 is 0 Å². The van der Waals surface area contributed by atoms with Crippen LogP contribution < -0.4 is 0 Å². The van der Waals surface area contributed by atoms with Crippen LogP contribution in [0.5, 0.6) is 0 Å². The molecule has 0 fully saturated rings. The molecule has 0 bridgehead atoms. The maximum Gasteiger partial charge on any atom is 0.416 e. The van der Waals surface area contributed by atoms with Crippen molar-refractivity contribution in [2.24, 2.45) is 0 Å². The molecule has 0 amide bonds. The Morgan fingerprint density at radius 1 is 0.623 bits per heavy atom. The normalized spacial score (nSPS) is 11.4. The standard InChI is InChI=1S/C24H19F3N2S.C23H16F4N2S.FH/c1-24(26,27)19-12-10-17(11-13-19)16-30-23-28-22(18-6-3-2-4-7-18)15-29(23)21-9-5-8-20(25)14-21;24-19-8-4-5-9-20(19)29-15-21(17-6-2-1-3-7-17)28(22(29)30)14-16-10-12-18(13-11-16)23(25,26)27;/h2-15H,16H2,1H3;1-13,15H,14H2;1H. The number of aromatic nitrogens is 4. The number of hydrogen-bond acceptors (Lipinski definition) is 3. The number of rotatable bonds is 10. The van der Waals surface area contributed by atoms with Crippen LogP contribution in [0.2, 0.25) is 0 Å². The number of imidazole rings is 2. The van der Waals surface area contributed by atoms with Crippen molar-refractivity contribution >= 4 is 24.0 Å². The predicted octanol–water partition coefficient (Wildman–Crippen LogP) is 14.1. The van der Waals surface area contributed by atoms with Crippen LogP contribution >= 0.6 is 24.0 Å². The van der Waals surface area contributed by atoms with E-state index in [1.54, 1.807) is 51.7 Å². The zero-order chi connectivity index (χ0) is 42.4. The number of hydrogen-bond donors (Lipinski definition) is 0. The van der Waals surface area contributed by atoms with Crippen molar-refractivity contribution in [2.75, 3.05) is 0 Å². The second-order valence-corrected chi connectivity index (χ2v) is 15.1. The molecule has 61 heavy (non-hydrogen) atoms. The molecule has 4 nitrogen and oxygen atoms in total. The van der Waals surface area contributed by atoms with Gasteiger partial charge < -0.3 is 4.57 Å². The van der Waals surface area contributed by atoms with Crippen LogP contribution in [-0.2, 0) is 24.4 Å². The Hall–Kier alpha value is -6.25. The first-order valence-corrected chi connectivity index (χ1v) is 19.9. The highest BCUT2D eigenvalue weighted by Crippen LogP contribution is 2.33. The third-order valence-corrected chi connectivity index (χ3v) is 10.9. The molecule has 312 valence electrons. The lowest BCUT2D eigenvalue weighted by Crippen LogP contribution is -2.07. The highest BCUT2D eigenvalue weighted by molar-refractivity contribution is 7.98. The molecule has 0 aliphatic carbocycles. The smallest absolute Gasteiger partial charge is 0.312 e. The molecule has 6 aromatic carbocycles. The first-order valence-electron chi connectivity index (χ1n) is 18.5. The van der Waals surface area contributed by atoms with Crippen molar-refractivity contribution in [1.29, 1.82) is 0 Å². The quantitative estimate of drug-likeness (QED) is 0.0778. The molecule has 8 rings (SSSR count). The maximum absolute atomic E-state index is 14.4. The van der Waals surface area contributed by atoms with E-state index in [2.05, 4.69) is 0 Å². The third-order valence-electron chi connectivity index (χ3n) is 9.44. The molecule has 8 aromatic rings. The Kier molecular flexibility index (Phi) is 13.8. The van der Waals surface area contributed by atoms with Crippen LogP contribution in [0.3, 0.4) is 0 Å². The highest BCUT2D eigenvalue weighted by Gasteiger charge is 2.30. The summed E-state index contributed by atoms with van der Waals surface area (Å²) in [5.41, 5.74) is 5.18. The van der Waals surface area contributed by atoms with Gasteiger partial charge >= 0.3 is 6.18 Å². The summed E-state index contributed by atoms with van der Waals surface area (Å²) in [6.45, 7) is 1.14. The number of nitrogens with zero attached hydrogens (tertiary/aromatic N) is 4. The summed E-state index contributed by atoms with van der Waals surface area (Å²) in [6.07, 6.45) is -0.758. The molecule has 0 aliphatic rings. The average molecular weight is 873 g/mol.